The zero-order chi connectivity index (χ0) is 21.3. The lowest BCUT2D eigenvalue weighted by Crippen LogP contribution is -2.17. The summed E-state index contributed by atoms with van der Waals surface area (Å²) < 4.78 is 18.8. The van der Waals surface area contributed by atoms with Crippen molar-refractivity contribution in [3.05, 3.63) is 95.3 Å². The Bertz CT molecular complexity index is 1050. The summed E-state index contributed by atoms with van der Waals surface area (Å²) in [5.74, 6) is -0.284. The van der Waals surface area contributed by atoms with E-state index >= 15 is 0 Å². The number of hydrogen-bond donors (Lipinski definition) is 2. The molecule has 0 unspecified atom stereocenters. The second-order valence-electron chi connectivity index (χ2n) is 6.41. The van der Waals surface area contributed by atoms with Gasteiger partial charge in [0, 0.05) is 23.7 Å². The number of para-hydroxylation sites is 1. The van der Waals surface area contributed by atoms with Crippen LogP contribution < -0.4 is 15.5 Å². The number of nitrogens with zero attached hydrogens (tertiary/aromatic N) is 1. The van der Waals surface area contributed by atoms with E-state index in [1.165, 1.54) is 25.3 Å². The second-order valence-corrected chi connectivity index (χ2v) is 6.41. The Morgan fingerprint density at radius 3 is 2.40 bits per heavy atom. The van der Waals surface area contributed by atoms with E-state index in [-0.39, 0.29) is 24.2 Å². The molecule has 0 bridgehead atoms. The van der Waals surface area contributed by atoms with Gasteiger partial charge in [0.15, 0.2) is 0 Å². The average Bonchev–Trinajstić information content (AvgIpc) is 2.74. The van der Waals surface area contributed by atoms with E-state index in [9.17, 15) is 14.0 Å². The van der Waals surface area contributed by atoms with E-state index in [0.29, 0.717) is 22.6 Å². The minimum absolute atomic E-state index is 0.183. The Morgan fingerprint density at radius 1 is 1.00 bits per heavy atom. The summed E-state index contributed by atoms with van der Waals surface area (Å²) in [6.07, 6.45) is 1.49. The number of nitrogens with one attached hydrogen (secondary N) is 2. The Morgan fingerprint density at radius 2 is 1.70 bits per heavy atom. The van der Waals surface area contributed by atoms with Crippen molar-refractivity contribution in [3.63, 3.8) is 0 Å². The van der Waals surface area contributed by atoms with E-state index in [1.54, 1.807) is 48.5 Å². The van der Waals surface area contributed by atoms with E-state index in [4.69, 9.17) is 4.74 Å². The average molecular weight is 405 g/mol. The van der Waals surface area contributed by atoms with Gasteiger partial charge >= 0.3 is 0 Å². The van der Waals surface area contributed by atoms with Gasteiger partial charge in [-0.2, -0.15) is 5.10 Å². The number of hydrogen-bond acceptors (Lipinski definition) is 4. The van der Waals surface area contributed by atoms with Crippen LogP contribution in [0.3, 0.4) is 0 Å². The van der Waals surface area contributed by atoms with Gasteiger partial charge in [0.2, 0.25) is 5.91 Å². The number of hydrazone groups is 1. The van der Waals surface area contributed by atoms with Crippen LogP contribution in [0.15, 0.2) is 77.9 Å². The van der Waals surface area contributed by atoms with Crippen molar-refractivity contribution in [2.75, 3.05) is 5.32 Å². The highest BCUT2D eigenvalue weighted by Crippen LogP contribution is 2.18. The van der Waals surface area contributed by atoms with E-state index in [0.717, 1.165) is 5.56 Å². The number of rotatable bonds is 7. The number of carbonyl (C=O) groups is 2. The van der Waals surface area contributed by atoms with Gasteiger partial charge in [-0.15, -0.1) is 0 Å². The fourth-order valence-corrected chi connectivity index (χ4v) is 2.59. The highest BCUT2D eigenvalue weighted by atomic mass is 19.1. The van der Waals surface area contributed by atoms with Gasteiger partial charge in [-0.25, -0.2) is 9.82 Å². The molecule has 2 N–H and O–H groups in total. The molecule has 0 saturated heterocycles. The van der Waals surface area contributed by atoms with Crippen molar-refractivity contribution in [2.24, 2.45) is 5.10 Å². The molecule has 30 heavy (non-hydrogen) atoms. The molecule has 152 valence electrons. The second kappa shape index (κ2) is 9.97. The maximum Gasteiger partial charge on any atom is 0.271 e. The summed E-state index contributed by atoms with van der Waals surface area (Å²) >= 11 is 0. The fourth-order valence-electron chi connectivity index (χ4n) is 2.59. The maximum atomic E-state index is 13.0. The molecule has 0 aromatic heterocycles. The van der Waals surface area contributed by atoms with Gasteiger partial charge < -0.3 is 10.1 Å². The summed E-state index contributed by atoms with van der Waals surface area (Å²) in [6.45, 7) is 1.69. The van der Waals surface area contributed by atoms with Crippen LogP contribution in [0.2, 0.25) is 0 Å². The van der Waals surface area contributed by atoms with Gasteiger partial charge in [0.05, 0.1) is 6.21 Å². The van der Waals surface area contributed by atoms with Crippen LogP contribution in [0, 0.1) is 5.82 Å². The summed E-state index contributed by atoms with van der Waals surface area (Å²) in [6, 6.07) is 19.8. The molecule has 3 aromatic carbocycles. The van der Waals surface area contributed by atoms with Crippen molar-refractivity contribution >= 4 is 23.7 Å². The first-order valence-electron chi connectivity index (χ1n) is 9.18. The number of benzene rings is 3. The molecule has 0 atom stereocenters. The fraction of sp³-hybridized carbons (Fsp3) is 0.0870. The lowest BCUT2D eigenvalue weighted by Gasteiger charge is -2.09. The number of ether oxygens (including phenoxy) is 1. The van der Waals surface area contributed by atoms with Crippen LogP contribution in [-0.2, 0) is 11.4 Å². The number of halogens is 1. The Labute approximate surface area is 173 Å². The van der Waals surface area contributed by atoms with Crippen molar-refractivity contribution in [3.8, 4) is 5.75 Å². The molecule has 3 rings (SSSR count). The molecule has 2 amide bonds. The molecule has 0 fully saturated rings. The minimum atomic E-state index is -0.384. The van der Waals surface area contributed by atoms with Gasteiger partial charge in [-0.3, -0.25) is 9.59 Å². The first-order chi connectivity index (χ1) is 14.5. The molecule has 7 heteroatoms. The zero-order valence-electron chi connectivity index (χ0n) is 16.3. The third-order valence-electron chi connectivity index (χ3n) is 4.06. The monoisotopic (exact) mass is 405 g/mol. The molecule has 0 aliphatic rings. The van der Waals surface area contributed by atoms with Crippen LogP contribution >= 0.6 is 0 Å². The predicted molar refractivity (Wildman–Crippen MR) is 113 cm³/mol. The Kier molecular flexibility index (Phi) is 6.89. The quantitative estimate of drug-likeness (QED) is 0.458. The normalized spacial score (nSPS) is 10.6. The lowest BCUT2D eigenvalue weighted by molar-refractivity contribution is -0.114. The molecule has 0 aliphatic heterocycles. The summed E-state index contributed by atoms with van der Waals surface area (Å²) in [5, 5.41) is 6.63. The smallest absolute Gasteiger partial charge is 0.271 e. The highest BCUT2D eigenvalue weighted by molar-refractivity contribution is 5.96. The standard InChI is InChI=1S/C23H20FN3O3/c1-16(28)26-21-12-8-18(9-13-21)23(29)27-25-14-19-4-2-3-5-22(19)30-15-17-6-10-20(24)11-7-17/h2-14H,15H2,1H3,(H,26,28)(H,27,29). The largest absolute Gasteiger partial charge is 0.488 e. The van der Waals surface area contributed by atoms with Gasteiger partial charge in [-0.05, 0) is 54.1 Å². The Hall–Kier alpha value is -4.00. The summed E-state index contributed by atoms with van der Waals surface area (Å²) in [5.41, 5.74) is 4.99. The number of anilines is 1. The predicted octanol–water partition coefficient (Wildman–Crippen LogP) is 4.13. The molecule has 0 heterocycles. The van der Waals surface area contributed by atoms with Gasteiger partial charge in [0.25, 0.3) is 5.91 Å². The molecule has 3 aromatic rings. The van der Waals surface area contributed by atoms with Gasteiger partial charge in [0.1, 0.15) is 18.2 Å². The number of carbonyl (C=O) groups excluding carboxylic acids is 2. The Balaban J connectivity index is 1.59. The van der Waals surface area contributed by atoms with Crippen LogP contribution in [-0.4, -0.2) is 18.0 Å². The van der Waals surface area contributed by atoms with Crippen molar-refractivity contribution < 1.29 is 18.7 Å². The SMILES string of the molecule is CC(=O)Nc1ccc(C(=O)NN=Cc2ccccc2OCc2ccc(F)cc2)cc1. The summed E-state index contributed by atoms with van der Waals surface area (Å²) in [7, 11) is 0. The van der Waals surface area contributed by atoms with Crippen LogP contribution in [0.25, 0.3) is 0 Å². The molecule has 6 nitrogen and oxygen atoms in total. The van der Waals surface area contributed by atoms with Crippen molar-refractivity contribution in [1.29, 1.82) is 0 Å². The lowest BCUT2D eigenvalue weighted by atomic mass is 10.2. The molecule has 0 saturated carbocycles. The molecule has 0 radical (unpaired) electrons. The maximum absolute atomic E-state index is 13.0. The number of amides is 2. The molecular formula is C23H20FN3O3. The third-order valence-corrected chi connectivity index (χ3v) is 4.06. The van der Waals surface area contributed by atoms with Crippen molar-refractivity contribution in [2.45, 2.75) is 13.5 Å². The first kappa shape index (κ1) is 20.7. The minimum Gasteiger partial charge on any atom is -0.488 e. The van der Waals surface area contributed by atoms with Crippen LogP contribution in [0.1, 0.15) is 28.4 Å². The molecular weight excluding hydrogens is 385 g/mol. The molecule has 0 spiro atoms. The van der Waals surface area contributed by atoms with Gasteiger partial charge in [-0.1, -0.05) is 24.3 Å². The van der Waals surface area contributed by atoms with Crippen molar-refractivity contribution in [1.82, 2.24) is 5.43 Å². The highest BCUT2D eigenvalue weighted by Gasteiger charge is 2.06. The van der Waals surface area contributed by atoms with E-state index in [1.807, 2.05) is 12.1 Å². The molecule has 0 aliphatic carbocycles. The van der Waals surface area contributed by atoms with Crippen LogP contribution in [0.4, 0.5) is 10.1 Å². The summed E-state index contributed by atoms with van der Waals surface area (Å²) in [4.78, 5) is 23.3. The van der Waals surface area contributed by atoms with E-state index in [2.05, 4.69) is 15.8 Å². The topological polar surface area (TPSA) is 79.8 Å². The van der Waals surface area contributed by atoms with E-state index < -0.39 is 0 Å². The first-order valence-corrected chi connectivity index (χ1v) is 9.18. The van der Waals surface area contributed by atoms with Crippen LogP contribution in [0.5, 0.6) is 5.75 Å². The zero-order valence-corrected chi connectivity index (χ0v) is 16.3. The third kappa shape index (κ3) is 6.00.